The predicted molar refractivity (Wildman–Crippen MR) is 88.7 cm³/mol. The van der Waals surface area contributed by atoms with E-state index in [1.807, 2.05) is 36.5 Å². The Balaban J connectivity index is 1.78. The molecule has 0 unspecified atom stereocenters. The number of aromatic nitrogens is 4. The fourth-order valence-electron chi connectivity index (χ4n) is 2.95. The Morgan fingerprint density at radius 1 is 0.727 bits per heavy atom. The summed E-state index contributed by atoms with van der Waals surface area (Å²) in [5.74, 6) is 0.799. The van der Waals surface area contributed by atoms with E-state index < -0.39 is 0 Å². The van der Waals surface area contributed by atoms with Crippen LogP contribution in [0.5, 0.6) is 0 Å². The summed E-state index contributed by atoms with van der Waals surface area (Å²) in [5.41, 5.74) is 5.01. The Morgan fingerprint density at radius 2 is 1.55 bits per heavy atom. The molecule has 3 heterocycles. The van der Waals surface area contributed by atoms with E-state index in [2.05, 4.69) is 44.2 Å². The maximum absolute atomic E-state index is 4.63. The molecule has 0 amide bonds. The van der Waals surface area contributed by atoms with Crippen molar-refractivity contribution in [3.8, 4) is 11.5 Å². The van der Waals surface area contributed by atoms with Crippen LogP contribution in [0.1, 0.15) is 0 Å². The van der Waals surface area contributed by atoms with Gasteiger partial charge in [-0.1, -0.05) is 30.3 Å². The van der Waals surface area contributed by atoms with Crippen LogP contribution < -0.4 is 0 Å². The Labute approximate surface area is 125 Å². The zero-order valence-electron chi connectivity index (χ0n) is 11.7. The molecular formula is C18H12N4. The van der Waals surface area contributed by atoms with Gasteiger partial charge in [-0.25, -0.2) is 4.98 Å². The van der Waals surface area contributed by atoms with Crippen LogP contribution in [0.15, 0.2) is 60.8 Å². The summed E-state index contributed by atoms with van der Waals surface area (Å²) in [6.45, 7) is 0. The zero-order chi connectivity index (χ0) is 14.5. The standard InChI is InChI=1S/C18H12N4/c1-2-6-13-11(5-1)12-9-16(19-10-17(12)20-13)18-21-14-7-3-4-8-15(14)22-18/h1-10,20H,(H,21,22). The Hall–Kier alpha value is -3.14. The molecule has 2 N–H and O–H groups in total. The highest BCUT2D eigenvalue weighted by atomic mass is 14.9. The number of H-pyrrole nitrogens is 2. The van der Waals surface area contributed by atoms with Crippen molar-refractivity contribution in [2.75, 3.05) is 0 Å². The molecule has 5 aromatic rings. The monoisotopic (exact) mass is 284 g/mol. The smallest absolute Gasteiger partial charge is 0.157 e. The SMILES string of the molecule is c1ccc2[nH]c(-c3cc4c(cn3)[nH]c3ccccc34)nc2c1. The minimum atomic E-state index is 0.799. The highest BCUT2D eigenvalue weighted by Crippen LogP contribution is 2.28. The molecule has 0 atom stereocenters. The van der Waals surface area contributed by atoms with Crippen LogP contribution in [0.4, 0.5) is 0 Å². The van der Waals surface area contributed by atoms with Crippen LogP contribution in [0, 0.1) is 0 Å². The Morgan fingerprint density at radius 3 is 2.45 bits per heavy atom. The largest absolute Gasteiger partial charge is 0.353 e. The first kappa shape index (κ1) is 11.5. The van der Waals surface area contributed by atoms with Crippen molar-refractivity contribution in [1.82, 2.24) is 19.9 Å². The first-order chi connectivity index (χ1) is 10.9. The summed E-state index contributed by atoms with van der Waals surface area (Å²) in [6.07, 6.45) is 1.87. The molecule has 22 heavy (non-hydrogen) atoms. The summed E-state index contributed by atoms with van der Waals surface area (Å²) in [4.78, 5) is 15.9. The van der Waals surface area contributed by atoms with Crippen molar-refractivity contribution in [2.45, 2.75) is 0 Å². The summed E-state index contributed by atoms with van der Waals surface area (Å²) in [6, 6.07) is 18.4. The van der Waals surface area contributed by atoms with Crippen LogP contribution >= 0.6 is 0 Å². The number of nitrogens with one attached hydrogen (secondary N) is 2. The third-order valence-electron chi connectivity index (χ3n) is 4.02. The van der Waals surface area contributed by atoms with Crippen LogP contribution in [0.25, 0.3) is 44.4 Å². The zero-order valence-corrected chi connectivity index (χ0v) is 11.7. The number of rotatable bonds is 1. The lowest BCUT2D eigenvalue weighted by atomic mass is 10.1. The third kappa shape index (κ3) is 1.58. The molecule has 0 spiro atoms. The summed E-state index contributed by atoms with van der Waals surface area (Å²) < 4.78 is 0. The minimum absolute atomic E-state index is 0.799. The molecular weight excluding hydrogens is 272 g/mol. The van der Waals surface area contributed by atoms with Gasteiger partial charge in [-0.15, -0.1) is 0 Å². The topological polar surface area (TPSA) is 57.4 Å². The van der Waals surface area contributed by atoms with Crippen molar-refractivity contribution in [3.05, 3.63) is 60.8 Å². The second-order valence-corrected chi connectivity index (χ2v) is 5.39. The summed E-state index contributed by atoms with van der Waals surface area (Å²) in [5, 5.41) is 2.37. The molecule has 0 saturated heterocycles. The molecule has 104 valence electrons. The molecule has 3 aromatic heterocycles. The first-order valence-electron chi connectivity index (χ1n) is 7.20. The normalized spacial score (nSPS) is 11.6. The molecule has 0 radical (unpaired) electrons. The van der Waals surface area contributed by atoms with Gasteiger partial charge in [-0.3, -0.25) is 4.98 Å². The average molecular weight is 284 g/mol. The molecule has 4 nitrogen and oxygen atoms in total. The second-order valence-electron chi connectivity index (χ2n) is 5.39. The van der Waals surface area contributed by atoms with Gasteiger partial charge >= 0.3 is 0 Å². The molecule has 2 aromatic carbocycles. The molecule has 0 aliphatic heterocycles. The van der Waals surface area contributed by atoms with Crippen LogP contribution in [0.3, 0.4) is 0 Å². The molecule has 0 bridgehead atoms. The van der Waals surface area contributed by atoms with Crippen LogP contribution in [-0.2, 0) is 0 Å². The number of benzene rings is 2. The van der Waals surface area contributed by atoms with E-state index in [4.69, 9.17) is 0 Å². The van der Waals surface area contributed by atoms with Crippen molar-refractivity contribution in [3.63, 3.8) is 0 Å². The molecule has 0 fully saturated rings. The van der Waals surface area contributed by atoms with Gasteiger partial charge in [0.25, 0.3) is 0 Å². The van der Waals surface area contributed by atoms with Gasteiger partial charge in [0.15, 0.2) is 5.82 Å². The van der Waals surface area contributed by atoms with E-state index in [-0.39, 0.29) is 0 Å². The quantitative estimate of drug-likeness (QED) is 0.483. The Bertz CT molecular complexity index is 1100. The van der Waals surface area contributed by atoms with Gasteiger partial charge in [0.1, 0.15) is 5.69 Å². The number of pyridine rings is 1. The van der Waals surface area contributed by atoms with Crippen molar-refractivity contribution < 1.29 is 0 Å². The number of aromatic amines is 2. The molecule has 4 heteroatoms. The van der Waals surface area contributed by atoms with Crippen molar-refractivity contribution in [1.29, 1.82) is 0 Å². The lowest BCUT2D eigenvalue weighted by molar-refractivity contribution is 1.25. The van der Waals surface area contributed by atoms with Gasteiger partial charge in [0.05, 0.1) is 22.7 Å². The van der Waals surface area contributed by atoms with E-state index in [1.54, 1.807) is 0 Å². The number of fused-ring (bicyclic) bond motifs is 4. The van der Waals surface area contributed by atoms with Gasteiger partial charge in [-0.05, 0) is 24.3 Å². The average Bonchev–Trinajstić information content (AvgIpc) is 3.15. The number of para-hydroxylation sites is 3. The van der Waals surface area contributed by atoms with Crippen molar-refractivity contribution in [2.24, 2.45) is 0 Å². The molecule has 5 rings (SSSR count). The lowest BCUT2D eigenvalue weighted by Gasteiger charge is -1.96. The predicted octanol–water partition coefficient (Wildman–Crippen LogP) is 4.26. The van der Waals surface area contributed by atoms with E-state index >= 15 is 0 Å². The van der Waals surface area contributed by atoms with Crippen LogP contribution in [0.2, 0.25) is 0 Å². The van der Waals surface area contributed by atoms with Crippen molar-refractivity contribution >= 4 is 32.8 Å². The van der Waals surface area contributed by atoms with E-state index in [1.165, 1.54) is 10.8 Å². The highest BCUT2D eigenvalue weighted by molar-refractivity contribution is 6.07. The summed E-state index contributed by atoms with van der Waals surface area (Å²) in [7, 11) is 0. The van der Waals surface area contributed by atoms with Gasteiger partial charge in [-0.2, -0.15) is 0 Å². The van der Waals surface area contributed by atoms with E-state index in [0.717, 1.165) is 33.6 Å². The second kappa shape index (κ2) is 4.18. The Kier molecular flexibility index (Phi) is 2.19. The molecule has 0 aliphatic carbocycles. The lowest BCUT2D eigenvalue weighted by Crippen LogP contribution is -1.85. The van der Waals surface area contributed by atoms with E-state index in [0.29, 0.717) is 0 Å². The summed E-state index contributed by atoms with van der Waals surface area (Å²) >= 11 is 0. The number of imidazole rings is 1. The first-order valence-corrected chi connectivity index (χ1v) is 7.20. The maximum Gasteiger partial charge on any atom is 0.157 e. The molecule has 0 aliphatic rings. The van der Waals surface area contributed by atoms with Gasteiger partial charge < -0.3 is 9.97 Å². The fraction of sp³-hybridized carbons (Fsp3) is 0. The van der Waals surface area contributed by atoms with Gasteiger partial charge in [0.2, 0.25) is 0 Å². The van der Waals surface area contributed by atoms with Gasteiger partial charge in [0, 0.05) is 16.3 Å². The number of hydrogen-bond acceptors (Lipinski definition) is 2. The number of hydrogen-bond donors (Lipinski definition) is 2. The maximum atomic E-state index is 4.63. The fourth-order valence-corrected chi connectivity index (χ4v) is 2.95. The van der Waals surface area contributed by atoms with E-state index in [9.17, 15) is 0 Å². The number of nitrogens with zero attached hydrogens (tertiary/aromatic N) is 2. The molecule has 0 saturated carbocycles. The van der Waals surface area contributed by atoms with Crippen LogP contribution in [-0.4, -0.2) is 19.9 Å². The highest BCUT2D eigenvalue weighted by Gasteiger charge is 2.09. The minimum Gasteiger partial charge on any atom is -0.353 e. The third-order valence-corrected chi connectivity index (χ3v) is 4.02.